The molecule has 8 nitrogen and oxygen atoms in total. The number of hydrogen-bond acceptors (Lipinski definition) is 9. The van der Waals surface area contributed by atoms with Gasteiger partial charge >= 0.3 is 5.97 Å². The lowest BCUT2D eigenvalue weighted by molar-refractivity contribution is -0.140. The minimum Gasteiger partial charge on any atom is -0.502 e. The molecule has 1 unspecified atom stereocenters. The topological polar surface area (TPSA) is 104 Å². The summed E-state index contributed by atoms with van der Waals surface area (Å²) in [6, 6.07) is 10.3. The van der Waals surface area contributed by atoms with Crippen molar-refractivity contribution in [2.75, 3.05) is 28.4 Å². The molecule has 3 aromatic rings. The Hall–Kier alpha value is -3.66. The molecule has 0 saturated carbocycles. The van der Waals surface area contributed by atoms with Crippen molar-refractivity contribution < 1.29 is 37.7 Å². The molecule has 0 saturated heterocycles. The van der Waals surface area contributed by atoms with Crippen molar-refractivity contribution in [2.24, 2.45) is 0 Å². The summed E-state index contributed by atoms with van der Waals surface area (Å²) in [7, 11) is 5.59. The average Bonchev–Trinajstić information content (AvgIpc) is 2.87. The van der Waals surface area contributed by atoms with Gasteiger partial charge in [0.2, 0.25) is 16.9 Å². The minimum atomic E-state index is -0.903. The average molecular weight is 505 g/mol. The van der Waals surface area contributed by atoms with Gasteiger partial charge in [-0.15, -0.1) is 11.8 Å². The zero-order valence-electron chi connectivity index (χ0n) is 19.6. The Bertz CT molecular complexity index is 1210. The molecular formula is C25H25FO8S. The summed E-state index contributed by atoms with van der Waals surface area (Å²) in [5.74, 6) is -1.10. The van der Waals surface area contributed by atoms with Gasteiger partial charge in [-0.05, 0) is 42.0 Å². The van der Waals surface area contributed by atoms with E-state index in [0.29, 0.717) is 22.8 Å². The van der Waals surface area contributed by atoms with Crippen LogP contribution in [0.5, 0.6) is 23.0 Å². The maximum absolute atomic E-state index is 13.2. The quantitative estimate of drug-likeness (QED) is 0.316. The van der Waals surface area contributed by atoms with Crippen molar-refractivity contribution in [3.63, 3.8) is 0 Å². The van der Waals surface area contributed by atoms with Gasteiger partial charge in [0.1, 0.15) is 11.6 Å². The lowest BCUT2D eigenvalue weighted by Gasteiger charge is -2.20. The van der Waals surface area contributed by atoms with Crippen LogP contribution in [0.15, 0.2) is 56.6 Å². The zero-order chi connectivity index (χ0) is 25.5. The van der Waals surface area contributed by atoms with E-state index in [1.54, 1.807) is 24.3 Å². The van der Waals surface area contributed by atoms with E-state index < -0.39 is 23.1 Å². The number of halogens is 1. The van der Waals surface area contributed by atoms with Crippen LogP contribution in [0, 0.1) is 5.82 Å². The van der Waals surface area contributed by atoms with Crippen LogP contribution in [0.2, 0.25) is 0 Å². The highest BCUT2D eigenvalue weighted by Gasteiger charge is 2.29. The van der Waals surface area contributed by atoms with Gasteiger partial charge in [-0.2, -0.15) is 0 Å². The molecule has 3 rings (SSSR count). The Kier molecular flexibility index (Phi) is 8.64. The maximum atomic E-state index is 13.2. The van der Waals surface area contributed by atoms with E-state index in [2.05, 4.69) is 0 Å². The molecule has 1 aromatic heterocycles. The lowest BCUT2D eigenvalue weighted by atomic mass is 9.91. The van der Waals surface area contributed by atoms with Crippen molar-refractivity contribution in [3.05, 3.63) is 75.6 Å². The molecule has 1 heterocycles. The van der Waals surface area contributed by atoms with E-state index in [-0.39, 0.29) is 29.5 Å². The molecule has 0 amide bonds. The molecular weight excluding hydrogens is 479 g/mol. The van der Waals surface area contributed by atoms with Crippen molar-refractivity contribution in [3.8, 4) is 23.0 Å². The fourth-order valence-corrected chi connectivity index (χ4v) is 4.24. The smallest absolute Gasteiger partial charge is 0.306 e. The Morgan fingerprint density at radius 3 is 2.20 bits per heavy atom. The van der Waals surface area contributed by atoms with Gasteiger partial charge in [-0.1, -0.05) is 0 Å². The summed E-state index contributed by atoms with van der Waals surface area (Å²) in [4.78, 5) is 25.6. The monoisotopic (exact) mass is 504 g/mol. The second kappa shape index (κ2) is 11.7. The van der Waals surface area contributed by atoms with Crippen LogP contribution in [0.3, 0.4) is 0 Å². The van der Waals surface area contributed by atoms with E-state index in [0.717, 1.165) is 4.90 Å². The van der Waals surface area contributed by atoms with Crippen LogP contribution in [0.4, 0.5) is 4.39 Å². The van der Waals surface area contributed by atoms with Crippen LogP contribution < -0.4 is 19.6 Å². The number of ether oxygens (including phenoxy) is 4. The van der Waals surface area contributed by atoms with Crippen LogP contribution in [-0.4, -0.2) is 39.5 Å². The Morgan fingerprint density at radius 2 is 1.66 bits per heavy atom. The molecule has 0 fully saturated rings. The second-order valence-electron chi connectivity index (χ2n) is 7.32. The van der Waals surface area contributed by atoms with E-state index in [1.165, 1.54) is 58.4 Å². The first-order chi connectivity index (χ1) is 16.8. The molecule has 1 atom stereocenters. The van der Waals surface area contributed by atoms with E-state index in [4.69, 9.17) is 23.4 Å². The number of carbonyl (C=O) groups is 1. The summed E-state index contributed by atoms with van der Waals surface area (Å²) < 4.78 is 40.1. The van der Waals surface area contributed by atoms with Crippen molar-refractivity contribution in [2.45, 2.75) is 23.0 Å². The largest absolute Gasteiger partial charge is 0.502 e. The van der Waals surface area contributed by atoms with Crippen LogP contribution in [0.25, 0.3) is 0 Å². The first-order valence-corrected chi connectivity index (χ1v) is 11.4. The number of thioether (sulfide) groups is 1. The number of aromatic hydroxyl groups is 1. The van der Waals surface area contributed by atoms with Gasteiger partial charge in [0.15, 0.2) is 17.3 Å². The van der Waals surface area contributed by atoms with Gasteiger partial charge in [0.25, 0.3) is 0 Å². The lowest BCUT2D eigenvalue weighted by Crippen LogP contribution is -2.14. The van der Waals surface area contributed by atoms with Crippen LogP contribution >= 0.6 is 11.8 Å². The predicted octanol–water partition coefficient (Wildman–Crippen LogP) is 4.50. The zero-order valence-corrected chi connectivity index (χ0v) is 20.4. The number of rotatable bonds is 10. The molecule has 0 spiro atoms. The number of carbonyl (C=O) groups excluding carboxylic acids is 1. The van der Waals surface area contributed by atoms with E-state index in [9.17, 15) is 19.1 Å². The molecule has 0 aliphatic carbocycles. The number of benzene rings is 2. The van der Waals surface area contributed by atoms with Crippen LogP contribution in [0.1, 0.15) is 29.4 Å². The molecule has 0 aliphatic heterocycles. The third-order valence-corrected chi connectivity index (χ3v) is 6.23. The molecule has 10 heteroatoms. The molecule has 186 valence electrons. The fraction of sp³-hybridized carbons (Fsp3) is 0.280. The first-order valence-electron chi connectivity index (χ1n) is 10.4. The third kappa shape index (κ3) is 6.07. The normalized spacial score (nSPS) is 11.6. The van der Waals surface area contributed by atoms with Gasteiger partial charge in [-0.3, -0.25) is 9.59 Å². The third-order valence-electron chi connectivity index (χ3n) is 5.20. The van der Waals surface area contributed by atoms with E-state index >= 15 is 0 Å². The highest BCUT2D eigenvalue weighted by atomic mass is 32.2. The molecule has 35 heavy (non-hydrogen) atoms. The summed E-state index contributed by atoms with van der Waals surface area (Å²) in [5, 5.41) is 10.6. The standard InChI is InChI=1S/C25H25FO8S/c1-30-20-9-14(10-21(31-2)25(20)33-4)18(12-22(28)32-3)24-23(29)19(27)11-16(34-24)13-35-17-7-5-15(26)6-8-17/h5-11,18,29H,12-13H2,1-4H3. The van der Waals surface area contributed by atoms with Gasteiger partial charge in [-0.25, -0.2) is 4.39 Å². The fourth-order valence-electron chi connectivity index (χ4n) is 3.46. The maximum Gasteiger partial charge on any atom is 0.306 e. The molecule has 0 radical (unpaired) electrons. The Balaban J connectivity index is 2.08. The second-order valence-corrected chi connectivity index (χ2v) is 8.37. The molecule has 0 bridgehead atoms. The number of esters is 1. The van der Waals surface area contributed by atoms with Gasteiger partial charge in [0.05, 0.1) is 46.5 Å². The van der Waals surface area contributed by atoms with Crippen molar-refractivity contribution in [1.82, 2.24) is 0 Å². The number of methoxy groups -OCH3 is 4. The summed E-state index contributed by atoms with van der Waals surface area (Å²) in [6.45, 7) is 0. The highest BCUT2D eigenvalue weighted by Crippen LogP contribution is 2.43. The van der Waals surface area contributed by atoms with Crippen molar-refractivity contribution in [1.29, 1.82) is 0 Å². The Morgan fingerprint density at radius 1 is 1.03 bits per heavy atom. The minimum absolute atomic E-state index is 0.105. The molecule has 0 aliphatic rings. The molecule has 1 N–H and O–H groups in total. The highest BCUT2D eigenvalue weighted by molar-refractivity contribution is 7.98. The molecule has 2 aromatic carbocycles. The summed E-state index contributed by atoms with van der Waals surface area (Å²) in [5.41, 5.74) is -0.199. The number of hydrogen-bond donors (Lipinski definition) is 1. The first kappa shape index (κ1) is 26.0. The van der Waals surface area contributed by atoms with Gasteiger partial charge in [0, 0.05) is 11.0 Å². The van der Waals surface area contributed by atoms with Crippen LogP contribution in [-0.2, 0) is 15.3 Å². The SMILES string of the molecule is COC(=O)CC(c1cc(OC)c(OC)c(OC)c1)c1oc(CSc2ccc(F)cc2)cc(=O)c1O. The van der Waals surface area contributed by atoms with E-state index in [1.807, 2.05) is 0 Å². The Labute approximate surface area is 205 Å². The van der Waals surface area contributed by atoms with Crippen molar-refractivity contribution >= 4 is 17.7 Å². The predicted molar refractivity (Wildman–Crippen MR) is 127 cm³/mol. The van der Waals surface area contributed by atoms with Gasteiger partial charge < -0.3 is 28.5 Å². The summed E-state index contributed by atoms with van der Waals surface area (Å²) >= 11 is 1.32. The summed E-state index contributed by atoms with van der Waals surface area (Å²) in [6.07, 6.45) is -0.236.